The summed E-state index contributed by atoms with van der Waals surface area (Å²) in [6.45, 7) is 7.32. The standard InChI is InChI=1S/C21H12NS.C9H16O2.Ir/c1-2-8-15-14(6-1)7-5-10-17(15)20-21-18(12-13-22-20)16-9-3-4-11-19(16)23-21;1-6(2)8(10)5-9(11)7(3)4;/h1-9,11-13H;5-7,10H,1-4H3;/q-1;;/b;8-5-;. The fourth-order valence-electron chi connectivity index (χ4n) is 3.67. The quantitative estimate of drug-likeness (QED) is 0.120. The van der Waals surface area contributed by atoms with Crippen LogP contribution in [0.4, 0.5) is 0 Å². The molecule has 1 N–H and O–H groups in total. The molecule has 5 heteroatoms. The molecule has 0 bridgehead atoms. The number of rotatable bonds is 4. The zero-order valence-corrected chi connectivity index (χ0v) is 23.4. The zero-order chi connectivity index (χ0) is 24.2. The van der Waals surface area contributed by atoms with Gasteiger partial charge in [-0.15, -0.1) is 40.5 Å². The van der Waals surface area contributed by atoms with E-state index < -0.39 is 0 Å². The maximum Gasteiger partial charge on any atom is 0.161 e. The summed E-state index contributed by atoms with van der Waals surface area (Å²) < 4.78 is 2.54. The third-order valence-electron chi connectivity index (χ3n) is 5.70. The molecule has 0 aliphatic heterocycles. The second kappa shape index (κ2) is 11.7. The maximum absolute atomic E-state index is 11.0. The number of pyridine rings is 1. The van der Waals surface area contributed by atoms with Crippen molar-refractivity contribution in [3.63, 3.8) is 0 Å². The molecule has 2 heterocycles. The third-order valence-corrected chi connectivity index (χ3v) is 6.90. The van der Waals surface area contributed by atoms with Crippen LogP contribution >= 0.6 is 11.3 Å². The SMILES string of the molecule is CC(C)C(=O)/C=C(\O)C(C)C.[Ir].[c-]1ccc2ccccc2c1-c1nccc2c1sc1ccccc12. The number of fused-ring (bicyclic) bond motifs is 4. The molecule has 2 aromatic heterocycles. The molecule has 3 aromatic carbocycles. The molecule has 1 radical (unpaired) electrons. The van der Waals surface area contributed by atoms with Crippen molar-refractivity contribution >= 4 is 48.1 Å². The van der Waals surface area contributed by atoms with Crippen molar-refractivity contribution in [2.45, 2.75) is 27.7 Å². The molecule has 0 spiro atoms. The predicted molar refractivity (Wildman–Crippen MR) is 144 cm³/mol. The van der Waals surface area contributed by atoms with E-state index in [1.54, 1.807) is 0 Å². The van der Waals surface area contributed by atoms with Gasteiger partial charge in [0.15, 0.2) is 5.78 Å². The van der Waals surface area contributed by atoms with Gasteiger partial charge in [0.2, 0.25) is 0 Å². The topological polar surface area (TPSA) is 50.2 Å². The number of carbonyl (C=O) groups excluding carboxylic acids is 1. The van der Waals surface area contributed by atoms with Crippen LogP contribution in [0.3, 0.4) is 0 Å². The van der Waals surface area contributed by atoms with E-state index in [0.29, 0.717) is 0 Å². The van der Waals surface area contributed by atoms with Crippen molar-refractivity contribution in [3.8, 4) is 11.3 Å². The minimum absolute atomic E-state index is 0. The Bertz CT molecular complexity index is 1500. The van der Waals surface area contributed by atoms with E-state index in [1.165, 1.54) is 37.0 Å². The van der Waals surface area contributed by atoms with E-state index in [2.05, 4.69) is 66.7 Å². The number of hydrogen-bond donors (Lipinski definition) is 1. The first-order valence-corrected chi connectivity index (χ1v) is 12.3. The zero-order valence-electron chi connectivity index (χ0n) is 20.2. The number of thiophene rings is 1. The Morgan fingerprint density at radius 3 is 2.31 bits per heavy atom. The summed E-state index contributed by atoms with van der Waals surface area (Å²) in [5, 5.41) is 14.2. The summed E-state index contributed by atoms with van der Waals surface area (Å²) in [4.78, 5) is 15.7. The van der Waals surface area contributed by atoms with Crippen LogP contribution in [0.2, 0.25) is 0 Å². The van der Waals surface area contributed by atoms with Gasteiger partial charge in [0.1, 0.15) is 0 Å². The van der Waals surface area contributed by atoms with Gasteiger partial charge in [-0.3, -0.25) is 4.79 Å². The summed E-state index contributed by atoms with van der Waals surface area (Å²) in [6, 6.07) is 26.6. The molecule has 5 rings (SSSR count). The van der Waals surface area contributed by atoms with Gasteiger partial charge < -0.3 is 10.1 Å². The second-order valence-corrected chi connectivity index (χ2v) is 9.91. The molecular weight excluding hydrogens is 631 g/mol. The number of hydrogen-bond acceptors (Lipinski definition) is 4. The van der Waals surface area contributed by atoms with Crippen molar-refractivity contribution in [1.29, 1.82) is 0 Å². The number of benzene rings is 3. The Balaban J connectivity index is 0.000000247. The fourth-order valence-corrected chi connectivity index (χ4v) is 4.86. The number of ketones is 1. The summed E-state index contributed by atoms with van der Waals surface area (Å²) in [7, 11) is 0. The van der Waals surface area contributed by atoms with Crippen molar-refractivity contribution in [3.05, 3.63) is 90.8 Å². The molecule has 0 amide bonds. The Morgan fingerprint density at radius 2 is 1.60 bits per heavy atom. The van der Waals surface area contributed by atoms with E-state index in [9.17, 15) is 9.90 Å². The van der Waals surface area contributed by atoms with E-state index in [-0.39, 0.29) is 43.5 Å². The van der Waals surface area contributed by atoms with Crippen LogP contribution in [0.1, 0.15) is 27.7 Å². The van der Waals surface area contributed by atoms with Crippen molar-refractivity contribution in [2.24, 2.45) is 11.8 Å². The molecule has 35 heavy (non-hydrogen) atoms. The van der Waals surface area contributed by atoms with Crippen molar-refractivity contribution < 1.29 is 30.0 Å². The Labute approximate surface area is 223 Å². The molecular formula is C30H28IrNO2S-. The smallest absolute Gasteiger partial charge is 0.161 e. The van der Waals surface area contributed by atoms with Gasteiger partial charge in [-0.05, 0) is 22.9 Å². The minimum atomic E-state index is -0.0316. The number of aliphatic hydroxyl groups excluding tert-OH is 1. The Kier molecular flexibility index (Phi) is 8.96. The number of carbonyl (C=O) groups is 1. The number of aromatic nitrogens is 1. The van der Waals surface area contributed by atoms with Crippen LogP contribution in [-0.4, -0.2) is 15.9 Å². The predicted octanol–water partition coefficient (Wildman–Crippen LogP) is 8.38. The number of nitrogens with zero attached hydrogens (tertiary/aromatic N) is 1. The van der Waals surface area contributed by atoms with Gasteiger partial charge >= 0.3 is 0 Å². The van der Waals surface area contributed by atoms with E-state index in [1.807, 2.05) is 51.3 Å². The maximum atomic E-state index is 11.0. The minimum Gasteiger partial charge on any atom is -0.512 e. The van der Waals surface area contributed by atoms with Crippen LogP contribution in [0.5, 0.6) is 0 Å². The van der Waals surface area contributed by atoms with Gasteiger partial charge in [0.25, 0.3) is 0 Å². The monoisotopic (exact) mass is 659 g/mol. The average molecular weight is 659 g/mol. The molecule has 181 valence electrons. The average Bonchev–Trinajstić information content (AvgIpc) is 3.23. The molecule has 0 fully saturated rings. The van der Waals surface area contributed by atoms with Crippen LogP contribution in [0.25, 0.3) is 42.2 Å². The summed E-state index contributed by atoms with van der Waals surface area (Å²) in [5.74, 6) is 0.161. The number of allylic oxidation sites excluding steroid dienone is 2. The first-order valence-electron chi connectivity index (χ1n) is 11.5. The van der Waals surface area contributed by atoms with Crippen LogP contribution in [0.15, 0.2) is 84.8 Å². The summed E-state index contributed by atoms with van der Waals surface area (Å²) >= 11 is 1.81. The van der Waals surface area contributed by atoms with Crippen molar-refractivity contribution in [2.75, 3.05) is 0 Å². The number of aliphatic hydroxyl groups is 1. The van der Waals surface area contributed by atoms with Gasteiger partial charge in [0.05, 0.1) is 5.76 Å². The molecule has 0 aliphatic rings. The molecule has 0 unspecified atom stereocenters. The van der Waals surface area contributed by atoms with Crippen LogP contribution in [-0.2, 0) is 24.9 Å². The normalized spacial score (nSPS) is 11.5. The molecule has 0 aliphatic carbocycles. The van der Waals surface area contributed by atoms with Crippen LogP contribution in [0, 0.1) is 17.9 Å². The summed E-state index contributed by atoms with van der Waals surface area (Å²) in [5.41, 5.74) is 2.11. The third kappa shape index (κ3) is 5.87. The van der Waals surface area contributed by atoms with E-state index in [0.717, 1.165) is 11.3 Å². The molecule has 3 nitrogen and oxygen atoms in total. The molecule has 0 atom stereocenters. The Hall–Kier alpha value is -2.85. The molecule has 0 saturated carbocycles. The van der Waals surface area contributed by atoms with Gasteiger partial charge in [0, 0.05) is 59.3 Å². The first kappa shape index (κ1) is 26.7. The van der Waals surface area contributed by atoms with Crippen molar-refractivity contribution in [1.82, 2.24) is 4.98 Å². The largest absolute Gasteiger partial charge is 0.512 e. The van der Waals surface area contributed by atoms with E-state index >= 15 is 0 Å². The molecule has 0 saturated heterocycles. The van der Waals surface area contributed by atoms with Gasteiger partial charge in [-0.1, -0.05) is 75.5 Å². The van der Waals surface area contributed by atoms with Gasteiger partial charge in [-0.25, -0.2) is 0 Å². The Morgan fingerprint density at radius 1 is 0.914 bits per heavy atom. The first-order chi connectivity index (χ1) is 16.4. The summed E-state index contributed by atoms with van der Waals surface area (Å²) in [6.07, 6.45) is 3.22. The second-order valence-electron chi connectivity index (χ2n) is 8.86. The van der Waals surface area contributed by atoms with E-state index in [4.69, 9.17) is 4.98 Å². The fraction of sp³-hybridized carbons (Fsp3) is 0.200. The van der Waals surface area contributed by atoms with Crippen LogP contribution < -0.4 is 0 Å². The molecule has 5 aromatic rings. The van der Waals surface area contributed by atoms with Gasteiger partial charge in [-0.2, -0.15) is 0 Å².